The SMILES string of the molecule is CC[C@@H](NC(=O)C1NCCC1C)C(=O)O. The smallest absolute Gasteiger partial charge is 0.326 e. The van der Waals surface area contributed by atoms with E-state index in [9.17, 15) is 9.59 Å². The lowest BCUT2D eigenvalue weighted by atomic mass is 10.0. The standard InChI is InChI=1S/C10H18N2O3/c1-3-7(10(14)15)12-9(13)8-6(2)4-5-11-8/h6-8,11H,3-5H2,1-2H3,(H,12,13)(H,14,15)/t6?,7-,8?/m1/s1. The van der Waals surface area contributed by atoms with E-state index in [0.29, 0.717) is 6.42 Å². The van der Waals surface area contributed by atoms with Gasteiger partial charge in [0, 0.05) is 0 Å². The maximum atomic E-state index is 11.7. The third-order valence-electron chi connectivity index (χ3n) is 2.84. The van der Waals surface area contributed by atoms with Gasteiger partial charge in [-0.05, 0) is 25.3 Å². The number of carbonyl (C=O) groups excluding carboxylic acids is 1. The normalized spacial score (nSPS) is 27.3. The van der Waals surface area contributed by atoms with Crippen molar-refractivity contribution in [2.24, 2.45) is 5.92 Å². The first-order chi connectivity index (χ1) is 7.06. The van der Waals surface area contributed by atoms with Crippen LogP contribution in [0.2, 0.25) is 0 Å². The van der Waals surface area contributed by atoms with Gasteiger partial charge in [-0.15, -0.1) is 0 Å². The Morgan fingerprint density at radius 1 is 1.60 bits per heavy atom. The van der Waals surface area contributed by atoms with Crippen molar-refractivity contribution in [2.75, 3.05) is 6.54 Å². The van der Waals surface area contributed by atoms with Gasteiger partial charge in [-0.3, -0.25) is 4.79 Å². The molecule has 1 saturated heterocycles. The van der Waals surface area contributed by atoms with Crippen LogP contribution >= 0.6 is 0 Å². The van der Waals surface area contributed by atoms with Crippen LogP contribution in [0.1, 0.15) is 26.7 Å². The van der Waals surface area contributed by atoms with Crippen molar-refractivity contribution in [3.63, 3.8) is 0 Å². The van der Waals surface area contributed by atoms with Crippen LogP contribution in [0.15, 0.2) is 0 Å². The summed E-state index contributed by atoms with van der Waals surface area (Å²) in [6.45, 7) is 4.56. The average molecular weight is 214 g/mol. The van der Waals surface area contributed by atoms with Crippen LogP contribution in [-0.4, -0.2) is 35.6 Å². The van der Waals surface area contributed by atoms with Crippen LogP contribution in [0.4, 0.5) is 0 Å². The van der Waals surface area contributed by atoms with Gasteiger partial charge in [-0.1, -0.05) is 13.8 Å². The van der Waals surface area contributed by atoms with Crippen molar-refractivity contribution in [1.29, 1.82) is 0 Å². The van der Waals surface area contributed by atoms with E-state index in [2.05, 4.69) is 10.6 Å². The Labute approximate surface area is 89.2 Å². The fourth-order valence-electron chi connectivity index (χ4n) is 1.79. The number of carboxylic acid groups (broad SMARTS) is 1. The van der Waals surface area contributed by atoms with E-state index in [1.165, 1.54) is 0 Å². The molecule has 15 heavy (non-hydrogen) atoms. The van der Waals surface area contributed by atoms with Crippen LogP contribution in [-0.2, 0) is 9.59 Å². The lowest BCUT2D eigenvalue weighted by Crippen LogP contribution is -2.49. The van der Waals surface area contributed by atoms with Gasteiger partial charge in [-0.25, -0.2) is 4.79 Å². The summed E-state index contributed by atoms with van der Waals surface area (Å²) in [6, 6.07) is -1.01. The van der Waals surface area contributed by atoms with E-state index < -0.39 is 12.0 Å². The van der Waals surface area contributed by atoms with Gasteiger partial charge in [-0.2, -0.15) is 0 Å². The Morgan fingerprint density at radius 3 is 2.67 bits per heavy atom. The predicted octanol–water partition coefficient (Wildman–Crippen LogP) is -0.0362. The molecule has 5 heteroatoms. The van der Waals surface area contributed by atoms with Crippen LogP contribution in [0, 0.1) is 5.92 Å². The quantitative estimate of drug-likeness (QED) is 0.614. The molecule has 0 spiro atoms. The monoisotopic (exact) mass is 214 g/mol. The fraction of sp³-hybridized carbons (Fsp3) is 0.800. The number of hydrogen-bond donors (Lipinski definition) is 3. The highest BCUT2D eigenvalue weighted by molar-refractivity contribution is 5.87. The van der Waals surface area contributed by atoms with Gasteiger partial charge in [0.05, 0.1) is 6.04 Å². The number of hydrogen-bond acceptors (Lipinski definition) is 3. The van der Waals surface area contributed by atoms with Crippen molar-refractivity contribution < 1.29 is 14.7 Å². The average Bonchev–Trinajstić information content (AvgIpc) is 2.60. The van der Waals surface area contributed by atoms with Crippen LogP contribution < -0.4 is 10.6 Å². The fourth-order valence-corrected chi connectivity index (χ4v) is 1.79. The highest BCUT2D eigenvalue weighted by Gasteiger charge is 2.31. The molecule has 0 saturated carbocycles. The number of rotatable bonds is 4. The molecule has 1 fully saturated rings. The molecule has 0 aromatic rings. The molecule has 1 aliphatic heterocycles. The van der Waals surface area contributed by atoms with Crippen molar-refractivity contribution in [3.8, 4) is 0 Å². The Morgan fingerprint density at radius 2 is 2.27 bits per heavy atom. The van der Waals surface area contributed by atoms with Crippen LogP contribution in [0.3, 0.4) is 0 Å². The zero-order chi connectivity index (χ0) is 11.4. The number of nitrogens with one attached hydrogen (secondary N) is 2. The molecule has 0 aliphatic carbocycles. The van der Waals surface area contributed by atoms with Gasteiger partial charge in [0.15, 0.2) is 0 Å². The molecular formula is C10H18N2O3. The van der Waals surface area contributed by atoms with Crippen LogP contribution in [0.25, 0.3) is 0 Å². The third kappa shape index (κ3) is 2.92. The van der Waals surface area contributed by atoms with Gasteiger partial charge >= 0.3 is 5.97 Å². The van der Waals surface area contributed by atoms with E-state index in [1.54, 1.807) is 6.92 Å². The molecular weight excluding hydrogens is 196 g/mol. The van der Waals surface area contributed by atoms with Gasteiger partial charge < -0.3 is 15.7 Å². The highest BCUT2D eigenvalue weighted by atomic mass is 16.4. The largest absolute Gasteiger partial charge is 0.480 e. The molecule has 86 valence electrons. The van der Waals surface area contributed by atoms with Crippen molar-refractivity contribution in [2.45, 2.75) is 38.8 Å². The predicted molar refractivity (Wildman–Crippen MR) is 55.4 cm³/mol. The molecule has 3 atom stereocenters. The number of carbonyl (C=O) groups is 2. The van der Waals surface area contributed by atoms with Gasteiger partial charge in [0.1, 0.15) is 6.04 Å². The minimum Gasteiger partial charge on any atom is -0.480 e. The first-order valence-electron chi connectivity index (χ1n) is 5.32. The molecule has 5 nitrogen and oxygen atoms in total. The molecule has 0 radical (unpaired) electrons. The molecule has 1 heterocycles. The summed E-state index contributed by atoms with van der Waals surface area (Å²) in [5, 5.41) is 14.4. The number of aliphatic carboxylic acids is 1. The topological polar surface area (TPSA) is 78.4 Å². The van der Waals surface area contributed by atoms with Gasteiger partial charge in [0.2, 0.25) is 5.91 Å². The number of amides is 1. The lowest BCUT2D eigenvalue weighted by molar-refractivity contribution is -0.142. The molecule has 1 rings (SSSR count). The van der Waals surface area contributed by atoms with E-state index >= 15 is 0 Å². The molecule has 2 unspecified atom stereocenters. The molecule has 0 aromatic carbocycles. The minimum absolute atomic E-state index is 0.200. The van der Waals surface area contributed by atoms with E-state index in [-0.39, 0.29) is 17.9 Å². The Kier molecular flexibility index (Phi) is 4.08. The zero-order valence-corrected chi connectivity index (χ0v) is 9.12. The summed E-state index contributed by atoms with van der Waals surface area (Å²) in [4.78, 5) is 22.4. The van der Waals surface area contributed by atoms with E-state index in [0.717, 1.165) is 13.0 Å². The second-order valence-electron chi connectivity index (χ2n) is 4.01. The summed E-state index contributed by atoms with van der Waals surface area (Å²) < 4.78 is 0. The summed E-state index contributed by atoms with van der Waals surface area (Å²) in [5.74, 6) is -0.901. The molecule has 0 bridgehead atoms. The van der Waals surface area contributed by atoms with E-state index in [1.807, 2.05) is 6.92 Å². The minimum atomic E-state index is -0.975. The molecule has 3 N–H and O–H groups in total. The van der Waals surface area contributed by atoms with Crippen molar-refractivity contribution in [3.05, 3.63) is 0 Å². The first kappa shape index (κ1) is 12.0. The summed E-state index contributed by atoms with van der Waals surface area (Å²) in [7, 11) is 0. The summed E-state index contributed by atoms with van der Waals surface area (Å²) in [6.07, 6.45) is 1.37. The van der Waals surface area contributed by atoms with Gasteiger partial charge in [0.25, 0.3) is 0 Å². The van der Waals surface area contributed by atoms with Crippen molar-refractivity contribution in [1.82, 2.24) is 10.6 Å². The Balaban J connectivity index is 2.50. The second-order valence-corrected chi connectivity index (χ2v) is 4.01. The van der Waals surface area contributed by atoms with Crippen LogP contribution in [0.5, 0.6) is 0 Å². The molecule has 1 aliphatic rings. The van der Waals surface area contributed by atoms with Crippen molar-refractivity contribution >= 4 is 11.9 Å². The molecule has 0 aromatic heterocycles. The summed E-state index contributed by atoms with van der Waals surface area (Å²) >= 11 is 0. The maximum Gasteiger partial charge on any atom is 0.326 e. The maximum absolute atomic E-state index is 11.7. The third-order valence-corrected chi connectivity index (χ3v) is 2.84. The summed E-state index contributed by atoms with van der Waals surface area (Å²) in [5.41, 5.74) is 0. The Hall–Kier alpha value is -1.10. The Bertz CT molecular complexity index is 255. The number of carboxylic acids is 1. The molecule has 1 amide bonds. The first-order valence-corrected chi connectivity index (χ1v) is 5.32. The second kappa shape index (κ2) is 5.11. The highest BCUT2D eigenvalue weighted by Crippen LogP contribution is 2.14. The zero-order valence-electron chi connectivity index (χ0n) is 9.12. The lowest BCUT2D eigenvalue weighted by Gasteiger charge is -2.18. The van der Waals surface area contributed by atoms with E-state index in [4.69, 9.17) is 5.11 Å².